The number of hydrogen-bond donors (Lipinski definition) is 0. The molecule has 0 N–H and O–H groups in total. The second-order valence-corrected chi connectivity index (χ2v) is 4.60. The first-order valence-corrected chi connectivity index (χ1v) is 6.38. The van der Waals surface area contributed by atoms with Gasteiger partial charge in [0.05, 0.1) is 13.0 Å². The monoisotopic (exact) mass is 286 g/mol. The number of ether oxygens (including phenoxy) is 3. The van der Waals surface area contributed by atoms with Gasteiger partial charge in [0, 0.05) is 0 Å². The number of carbonyl (C=O) groups excluding carboxylic acids is 1. The van der Waals surface area contributed by atoms with E-state index in [0.29, 0.717) is 5.56 Å². The number of esters is 1. The van der Waals surface area contributed by atoms with E-state index in [2.05, 4.69) is 4.74 Å². The van der Waals surface area contributed by atoms with Gasteiger partial charge in [0.1, 0.15) is 6.61 Å². The molecule has 6 heteroatoms. The number of alkyl halides is 2. The summed E-state index contributed by atoms with van der Waals surface area (Å²) in [4.78, 5) is 11.6. The first-order valence-electron chi connectivity index (χ1n) is 6.38. The van der Waals surface area contributed by atoms with Crippen LogP contribution in [-0.2, 0) is 16.1 Å². The highest BCUT2D eigenvalue weighted by molar-refractivity contribution is 5.73. The van der Waals surface area contributed by atoms with Crippen LogP contribution < -0.4 is 9.47 Å². The van der Waals surface area contributed by atoms with Gasteiger partial charge in [0.15, 0.2) is 11.5 Å². The third-order valence-electron chi connectivity index (χ3n) is 3.26. The van der Waals surface area contributed by atoms with Crippen molar-refractivity contribution in [1.82, 2.24) is 0 Å². The van der Waals surface area contributed by atoms with E-state index in [1.165, 1.54) is 19.2 Å². The van der Waals surface area contributed by atoms with Crippen LogP contribution in [0.4, 0.5) is 8.78 Å². The molecule has 0 radical (unpaired) electrons. The number of rotatable bonds is 6. The second kappa shape index (κ2) is 6.54. The predicted molar refractivity (Wildman–Crippen MR) is 66.8 cm³/mol. The summed E-state index contributed by atoms with van der Waals surface area (Å²) >= 11 is 0. The summed E-state index contributed by atoms with van der Waals surface area (Å²) in [6.07, 6.45) is 2.82. The molecule has 0 spiro atoms. The highest BCUT2D eigenvalue weighted by atomic mass is 19.3. The number of benzene rings is 1. The fraction of sp³-hybridized carbons (Fsp3) is 0.500. The van der Waals surface area contributed by atoms with E-state index in [4.69, 9.17) is 9.47 Å². The van der Waals surface area contributed by atoms with Gasteiger partial charge in [0.25, 0.3) is 0 Å². The van der Waals surface area contributed by atoms with Crippen molar-refractivity contribution in [3.8, 4) is 11.5 Å². The lowest BCUT2D eigenvalue weighted by atomic mass is 9.86. The topological polar surface area (TPSA) is 44.8 Å². The summed E-state index contributed by atoms with van der Waals surface area (Å²) < 4.78 is 38.8. The van der Waals surface area contributed by atoms with Gasteiger partial charge in [-0.25, -0.2) is 0 Å². The van der Waals surface area contributed by atoms with Crippen LogP contribution >= 0.6 is 0 Å². The number of methoxy groups -OCH3 is 1. The Morgan fingerprint density at radius 1 is 1.35 bits per heavy atom. The minimum absolute atomic E-state index is 0.0123. The SMILES string of the molecule is COc1cc(COC(=O)C2CCC2)ccc1OC(F)F. The van der Waals surface area contributed by atoms with Gasteiger partial charge in [0.2, 0.25) is 0 Å². The van der Waals surface area contributed by atoms with Gasteiger partial charge in [-0.1, -0.05) is 12.5 Å². The third-order valence-corrected chi connectivity index (χ3v) is 3.26. The molecule has 1 aliphatic carbocycles. The molecule has 110 valence electrons. The van der Waals surface area contributed by atoms with Crippen LogP contribution in [0.2, 0.25) is 0 Å². The van der Waals surface area contributed by atoms with Gasteiger partial charge >= 0.3 is 12.6 Å². The average Bonchev–Trinajstić information content (AvgIpc) is 2.34. The van der Waals surface area contributed by atoms with Crippen LogP contribution in [0, 0.1) is 5.92 Å². The van der Waals surface area contributed by atoms with E-state index in [0.717, 1.165) is 19.3 Å². The maximum atomic E-state index is 12.2. The quantitative estimate of drug-likeness (QED) is 0.754. The number of halogens is 2. The van der Waals surface area contributed by atoms with Crippen molar-refractivity contribution in [1.29, 1.82) is 0 Å². The van der Waals surface area contributed by atoms with Crippen LogP contribution in [0.15, 0.2) is 18.2 Å². The Labute approximate surface area is 115 Å². The Balaban J connectivity index is 1.96. The molecule has 0 bridgehead atoms. The van der Waals surface area contributed by atoms with E-state index in [1.807, 2.05) is 0 Å². The largest absolute Gasteiger partial charge is 0.493 e. The smallest absolute Gasteiger partial charge is 0.387 e. The molecule has 20 heavy (non-hydrogen) atoms. The maximum absolute atomic E-state index is 12.2. The van der Waals surface area contributed by atoms with Gasteiger partial charge in [-0.3, -0.25) is 4.79 Å². The zero-order valence-electron chi connectivity index (χ0n) is 11.1. The van der Waals surface area contributed by atoms with Crippen LogP contribution in [0.25, 0.3) is 0 Å². The van der Waals surface area contributed by atoms with Crippen molar-refractivity contribution in [2.45, 2.75) is 32.5 Å². The summed E-state index contributed by atoms with van der Waals surface area (Å²) in [7, 11) is 1.36. The molecule has 0 aliphatic heterocycles. The Morgan fingerprint density at radius 2 is 2.10 bits per heavy atom. The van der Waals surface area contributed by atoms with E-state index >= 15 is 0 Å². The predicted octanol–water partition coefficient (Wildman–Crippen LogP) is 3.14. The lowest BCUT2D eigenvalue weighted by Crippen LogP contribution is -2.23. The number of hydrogen-bond acceptors (Lipinski definition) is 4. The van der Waals surface area contributed by atoms with Gasteiger partial charge in [-0.05, 0) is 30.5 Å². The zero-order chi connectivity index (χ0) is 14.5. The lowest BCUT2D eigenvalue weighted by Gasteiger charge is -2.23. The van der Waals surface area contributed by atoms with E-state index in [1.54, 1.807) is 6.07 Å². The second-order valence-electron chi connectivity index (χ2n) is 4.60. The summed E-state index contributed by atoms with van der Waals surface area (Å²) in [6, 6.07) is 4.46. The fourth-order valence-electron chi connectivity index (χ4n) is 1.91. The molecular weight excluding hydrogens is 270 g/mol. The van der Waals surface area contributed by atoms with Crippen molar-refractivity contribution in [2.75, 3.05) is 7.11 Å². The van der Waals surface area contributed by atoms with Crippen LogP contribution in [0.3, 0.4) is 0 Å². The molecule has 1 aromatic carbocycles. The molecule has 0 heterocycles. The minimum atomic E-state index is -2.91. The highest BCUT2D eigenvalue weighted by Gasteiger charge is 2.26. The van der Waals surface area contributed by atoms with Crippen molar-refractivity contribution in [2.24, 2.45) is 5.92 Å². The average molecular weight is 286 g/mol. The summed E-state index contributed by atoms with van der Waals surface area (Å²) in [5.74, 6) is -0.0551. The number of carbonyl (C=O) groups is 1. The van der Waals surface area contributed by atoms with Crippen molar-refractivity contribution >= 4 is 5.97 Å². The van der Waals surface area contributed by atoms with Gasteiger partial charge in [-0.2, -0.15) is 8.78 Å². The molecule has 0 aromatic heterocycles. The molecule has 4 nitrogen and oxygen atoms in total. The Hall–Kier alpha value is -1.85. The highest BCUT2D eigenvalue weighted by Crippen LogP contribution is 2.31. The Kier molecular flexibility index (Phi) is 4.76. The maximum Gasteiger partial charge on any atom is 0.387 e. The molecule has 1 aliphatic rings. The third kappa shape index (κ3) is 3.59. The molecule has 1 saturated carbocycles. The fourth-order valence-corrected chi connectivity index (χ4v) is 1.91. The molecule has 0 amide bonds. The molecular formula is C14H16F2O4. The van der Waals surface area contributed by atoms with E-state index < -0.39 is 6.61 Å². The van der Waals surface area contributed by atoms with Gasteiger partial charge < -0.3 is 14.2 Å². The Morgan fingerprint density at radius 3 is 2.65 bits per heavy atom. The van der Waals surface area contributed by atoms with Crippen molar-refractivity contribution in [3.05, 3.63) is 23.8 Å². The molecule has 1 aromatic rings. The summed E-state index contributed by atoms with van der Waals surface area (Å²) in [5.41, 5.74) is 0.663. The van der Waals surface area contributed by atoms with Crippen molar-refractivity contribution < 1.29 is 27.8 Å². The summed E-state index contributed by atoms with van der Waals surface area (Å²) in [6.45, 7) is -2.81. The Bertz CT molecular complexity index is 472. The zero-order valence-corrected chi connectivity index (χ0v) is 11.1. The van der Waals surface area contributed by atoms with Gasteiger partial charge in [-0.15, -0.1) is 0 Å². The minimum Gasteiger partial charge on any atom is -0.493 e. The van der Waals surface area contributed by atoms with E-state index in [-0.39, 0.29) is 30.0 Å². The molecule has 1 fully saturated rings. The van der Waals surface area contributed by atoms with E-state index in [9.17, 15) is 13.6 Å². The first kappa shape index (κ1) is 14.6. The lowest BCUT2D eigenvalue weighted by molar-refractivity contribution is -0.152. The molecule has 0 atom stereocenters. The van der Waals surface area contributed by atoms with Crippen LogP contribution in [0.1, 0.15) is 24.8 Å². The normalized spacial score (nSPS) is 14.8. The first-order chi connectivity index (χ1) is 9.60. The van der Waals surface area contributed by atoms with Crippen molar-refractivity contribution in [3.63, 3.8) is 0 Å². The van der Waals surface area contributed by atoms with Crippen LogP contribution in [0.5, 0.6) is 11.5 Å². The standard InChI is InChI=1S/C14H16F2O4/c1-18-12-7-9(5-6-11(12)20-14(15)16)8-19-13(17)10-3-2-4-10/h5-7,10,14H,2-4,8H2,1H3. The molecule has 0 unspecified atom stereocenters. The molecule has 0 saturated heterocycles. The molecule has 2 rings (SSSR count). The van der Waals surface area contributed by atoms with Crippen LogP contribution in [-0.4, -0.2) is 19.7 Å². The summed E-state index contributed by atoms with van der Waals surface area (Å²) in [5, 5.41) is 0.